The summed E-state index contributed by atoms with van der Waals surface area (Å²) in [5.74, 6) is -0.913. The fourth-order valence-electron chi connectivity index (χ4n) is 5.28. The number of ether oxygens (including phenoxy) is 2. The summed E-state index contributed by atoms with van der Waals surface area (Å²) in [6, 6.07) is 6.77. The number of hydrogen-bond acceptors (Lipinski definition) is 8. The van der Waals surface area contributed by atoms with Gasteiger partial charge in [-0.1, -0.05) is 20.8 Å². The number of amidine groups is 1. The third-order valence-electron chi connectivity index (χ3n) is 7.39. The molecule has 2 aliphatic rings. The topological polar surface area (TPSA) is 152 Å². The lowest BCUT2D eigenvalue weighted by Gasteiger charge is -2.27. The van der Waals surface area contributed by atoms with Gasteiger partial charge in [-0.05, 0) is 48.6 Å². The van der Waals surface area contributed by atoms with E-state index < -0.39 is 18.0 Å². The van der Waals surface area contributed by atoms with E-state index in [2.05, 4.69) is 5.32 Å². The number of hydrogen-bond donors (Lipinski definition) is 4. The normalized spacial score (nSPS) is 16.6. The highest BCUT2D eigenvalue weighted by atomic mass is 16.5. The second kappa shape index (κ2) is 11.8. The number of carboxylic acids is 1. The Morgan fingerprint density at radius 2 is 1.90 bits per heavy atom. The van der Waals surface area contributed by atoms with Crippen LogP contribution in [0.25, 0.3) is 0 Å². The number of phenols is 1. The summed E-state index contributed by atoms with van der Waals surface area (Å²) in [6.07, 6.45) is 0.300. The Hall–Kier alpha value is -4.12. The van der Waals surface area contributed by atoms with E-state index in [1.54, 1.807) is 29.2 Å². The molecule has 4 N–H and O–H groups in total. The molecule has 41 heavy (non-hydrogen) atoms. The minimum Gasteiger partial charge on any atom is -0.505 e. The van der Waals surface area contributed by atoms with Crippen molar-refractivity contribution in [1.82, 2.24) is 10.2 Å². The first-order valence-electron chi connectivity index (χ1n) is 13.7. The number of ketones is 1. The monoisotopic (exact) mass is 566 g/mol. The van der Waals surface area contributed by atoms with Gasteiger partial charge < -0.3 is 34.8 Å². The molecule has 2 heterocycles. The van der Waals surface area contributed by atoms with Gasteiger partial charge in [0.15, 0.2) is 5.78 Å². The van der Waals surface area contributed by atoms with Crippen LogP contribution in [-0.2, 0) is 21.5 Å². The van der Waals surface area contributed by atoms with Crippen molar-refractivity contribution in [1.29, 1.82) is 5.41 Å². The highest BCUT2D eigenvalue weighted by molar-refractivity contribution is 6.08. The summed E-state index contributed by atoms with van der Waals surface area (Å²) in [5.41, 5.74) is 2.76. The number of phenolic OH excluding ortho intramolecular Hbond substituents is 1. The number of aliphatic carboxylic acids is 1. The molecule has 0 saturated carbocycles. The maximum absolute atomic E-state index is 13.7. The molecule has 1 fully saturated rings. The third kappa shape index (κ3) is 6.30. The Balaban J connectivity index is 1.60. The van der Waals surface area contributed by atoms with E-state index in [9.17, 15) is 19.5 Å². The Morgan fingerprint density at radius 3 is 2.54 bits per heavy atom. The highest BCUT2D eigenvalue weighted by Gasteiger charge is 2.32. The predicted molar refractivity (Wildman–Crippen MR) is 154 cm³/mol. The first kappa shape index (κ1) is 29.9. The van der Waals surface area contributed by atoms with Gasteiger partial charge in [-0.15, -0.1) is 0 Å². The van der Waals surface area contributed by atoms with Crippen LogP contribution >= 0.6 is 0 Å². The SMILES string of the molecule is CCOc1cc2c(cc1C(=O)NC)C(=N)N(CC(=O)c1cc(N3CCC(OCC(=O)O)C3)c(O)c(C(C)(C)C)c1)C2. The van der Waals surface area contributed by atoms with E-state index >= 15 is 0 Å². The number of rotatable bonds is 10. The number of fused-ring (bicyclic) bond motifs is 1. The van der Waals surface area contributed by atoms with Crippen molar-refractivity contribution in [2.45, 2.75) is 52.2 Å². The molecule has 1 amide bonds. The van der Waals surface area contributed by atoms with E-state index in [0.29, 0.717) is 66.4 Å². The van der Waals surface area contributed by atoms with Crippen molar-refractivity contribution in [3.05, 3.63) is 52.1 Å². The average Bonchev–Trinajstić information content (AvgIpc) is 3.50. The number of anilines is 1. The number of Topliss-reactive ketones (excluding diaryl/α,β-unsaturated/α-hetero) is 1. The zero-order valence-electron chi connectivity index (χ0n) is 24.2. The molecule has 2 aromatic rings. The first-order chi connectivity index (χ1) is 19.3. The van der Waals surface area contributed by atoms with Crippen LogP contribution < -0.4 is 15.0 Å². The van der Waals surface area contributed by atoms with Gasteiger partial charge in [0, 0.05) is 43.4 Å². The molecule has 1 unspecified atom stereocenters. The minimum absolute atomic E-state index is 0.0645. The zero-order chi connectivity index (χ0) is 30.1. The van der Waals surface area contributed by atoms with Crippen molar-refractivity contribution in [3.63, 3.8) is 0 Å². The number of carbonyl (C=O) groups is 3. The fourth-order valence-corrected chi connectivity index (χ4v) is 5.28. The van der Waals surface area contributed by atoms with Gasteiger partial charge >= 0.3 is 5.97 Å². The van der Waals surface area contributed by atoms with Crippen LogP contribution in [0.15, 0.2) is 24.3 Å². The van der Waals surface area contributed by atoms with Crippen LogP contribution in [0.2, 0.25) is 0 Å². The van der Waals surface area contributed by atoms with E-state index in [-0.39, 0.29) is 35.9 Å². The number of benzene rings is 2. The zero-order valence-corrected chi connectivity index (χ0v) is 24.2. The predicted octanol–water partition coefficient (Wildman–Crippen LogP) is 3.15. The maximum Gasteiger partial charge on any atom is 0.329 e. The molecular weight excluding hydrogens is 528 g/mol. The molecule has 11 nitrogen and oxygen atoms in total. The summed E-state index contributed by atoms with van der Waals surface area (Å²) in [7, 11) is 1.53. The lowest BCUT2D eigenvalue weighted by atomic mass is 9.84. The van der Waals surface area contributed by atoms with Gasteiger partial charge in [0.25, 0.3) is 5.91 Å². The lowest BCUT2D eigenvalue weighted by Crippen LogP contribution is -2.31. The van der Waals surface area contributed by atoms with Crippen LogP contribution in [0.3, 0.4) is 0 Å². The standard InChI is InChI=1S/C30H38N4O7/c1-6-40-25-11-18-13-34(28(31)20(18)12-21(25)29(39)32-5)15-24(35)17-9-22(30(2,3)4)27(38)23(10-17)33-8-7-19(14-33)41-16-26(36)37/h9-12,19,31,38H,6-8,13-16H2,1-5H3,(H,32,39)(H,36,37). The summed E-state index contributed by atoms with van der Waals surface area (Å²) in [5, 5.41) is 31.5. The van der Waals surface area contributed by atoms with Gasteiger partial charge in [-0.25, -0.2) is 4.79 Å². The Kier molecular flexibility index (Phi) is 8.58. The van der Waals surface area contributed by atoms with Gasteiger partial charge in [-0.3, -0.25) is 15.0 Å². The van der Waals surface area contributed by atoms with Gasteiger partial charge in [0.2, 0.25) is 0 Å². The summed E-state index contributed by atoms with van der Waals surface area (Å²) < 4.78 is 11.1. The molecule has 1 saturated heterocycles. The molecule has 2 aromatic carbocycles. The van der Waals surface area contributed by atoms with E-state index in [4.69, 9.17) is 20.0 Å². The largest absolute Gasteiger partial charge is 0.505 e. The van der Waals surface area contributed by atoms with Gasteiger partial charge in [0.1, 0.15) is 23.9 Å². The van der Waals surface area contributed by atoms with Crippen LogP contribution in [0.1, 0.15) is 71.5 Å². The second-order valence-corrected chi connectivity index (χ2v) is 11.3. The Morgan fingerprint density at radius 1 is 1.17 bits per heavy atom. The highest BCUT2D eigenvalue weighted by Crippen LogP contribution is 2.41. The summed E-state index contributed by atoms with van der Waals surface area (Å²) >= 11 is 0. The number of aromatic hydroxyl groups is 1. The number of amides is 1. The van der Waals surface area contributed by atoms with E-state index in [0.717, 1.165) is 5.56 Å². The Bertz CT molecular complexity index is 1380. The van der Waals surface area contributed by atoms with Crippen LogP contribution in [-0.4, -0.2) is 84.6 Å². The quantitative estimate of drug-likeness (QED) is 0.318. The molecule has 11 heteroatoms. The summed E-state index contributed by atoms with van der Waals surface area (Å²) in [4.78, 5) is 40.6. The maximum atomic E-state index is 13.7. The van der Waals surface area contributed by atoms with Crippen molar-refractivity contribution in [2.24, 2.45) is 0 Å². The lowest BCUT2D eigenvalue weighted by molar-refractivity contribution is -0.143. The molecule has 0 aromatic heterocycles. The fraction of sp³-hybridized carbons (Fsp3) is 0.467. The number of carboxylic acid groups (broad SMARTS) is 1. The van der Waals surface area contributed by atoms with Crippen LogP contribution in [0.4, 0.5) is 5.69 Å². The number of nitrogens with zero attached hydrogens (tertiary/aromatic N) is 2. The van der Waals surface area contributed by atoms with Crippen LogP contribution in [0, 0.1) is 5.41 Å². The second-order valence-electron chi connectivity index (χ2n) is 11.3. The molecule has 4 rings (SSSR count). The van der Waals surface area contributed by atoms with E-state index in [1.165, 1.54) is 7.05 Å². The molecule has 0 bridgehead atoms. The molecule has 2 aliphatic heterocycles. The van der Waals surface area contributed by atoms with Crippen molar-refractivity contribution >= 4 is 29.2 Å². The third-order valence-corrected chi connectivity index (χ3v) is 7.39. The smallest absolute Gasteiger partial charge is 0.329 e. The molecular formula is C30H38N4O7. The first-order valence-corrected chi connectivity index (χ1v) is 13.7. The molecule has 220 valence electrons. The molecule has 0 radical (unpaired) electrons. The average molecular weight is 567 g/mol. The summed E-state index contributed by atoms with van der Waals surface area (Å²) in [6.45, 7) is 8.87. The van der Waals surface area contributed by atoms with Gasteiger partial charge in [-0.2, -0.15) is 0 Å². The van der Waals surface area contributed by atoms with E-state index in [1.807, 2.05) is 32.6 Å². The van der Waals surface area contributed by atoms with Crippen molar-refractivity contribution < 1.29 is 34.1 Å². The number of nitrogens with one attached hydrogen (secondary N) is 2. The number of carbonyl (C=O) groups excluding carboxylic acids is 2. The van der Waals surface area contributed by atoms with Crippen LogP contribution in [0.5, 0.6) is 11.5 Å². The Labute approximate surface area is 239 Å². The molecule has 0 spiro atoms. The molecule has 0 aliphatic carbocycles. The molecule has 1 atom stereocenters. The minimum atomic E-state index is -1.04. The van der Waals surface area contributed by atoms with Crippen molar-refractivity contribution in [3.8, 4) is 11.5 Å². The van der Waals surface area contributed by atoms with Crippen molar-refractivity contribution in [2.75, 3.05) is 44.8 Å². The van der Waals surface area contributed by atoms with Gasteiger partial charge in [0.05, 0.1) is 30.5 Å².